The number of aliphatic hydroxyl groups is 10. The zero-order valence-electron chi connectivity index (χ0n) is 13.1. The number of rotatable bonds is 5. The van der Waals surface area contributed by atoms with E-state index >= 15 is 0 Å². The Balaban J connectivity index is 2.14. The molecule has 2 fully saturated rings. The van der Waals surface area contributed by atoms with Crippen molar-refractivity contribution in [2.75, 3.05) is 13.2 Å². The fraction of sp³-hybridized carbons (Fsp3) is 1.00. The lowest BCUT2D eigenvalue weighted by molar-refractivity contribution is -0.623. The van der Waals surface area contributed by atoms with Crippen molar-refractivity contribution in [3.8, 4) is 0 Å². The molecule has 0 aliphatic carbocycles. The lowest BCUT2D eigenvalue weighted by atomic mass is 9.98. The first-order valence-electron chi connectivity index (χ1n) is 7.48. The quantitative estimate of drug-likeness (QED) is 0.119. The molecule has 0 aromatic carbocycles. The first-order valence-corrected chi connectivity index (χ1v) is 7.48. The SMILES string of the molecule is OC[C@H]1OC(O)(OOC2(O)O[C@H](CO)[C@@H](O)[C@H](O)[C@H]2O)[C@H](O)[C@@H](O)[C@@H]1O. The van der Waals surface area contributed by atoms with E-state index in [4.69, 9.17) is 10.2 Å². The number of hydrogen-bond acceptors (Lipinski definition) is 14. The Bertz CT molecular complexity index is 433. The van der Waals surface area contributed by atoms with Crippen molar-refractivity contribution in [1.82, 2.24) is 0 Å². The highest BCUT2D eigenvalue weighted by Gasteiger charge is 2.59. The Kier molecular flexibility index (Phi) is 6.54. The number of hydrogen-bond donors (Lipinski definition) is 10. The molecule has 2 rings (SSSR count). The second-order valence-electron chi connectivity index (χ2n) is 5.96. The van der Waals surface area contributed by atoms with Gasteiger partial charge < -0.3 is 60.5 Å². The largest absolute Gasteiger partial charge is 0.394 e. The topological polar surface area (TPSA) is 239 Å². The van der Waals surface area contributed by atoms with Gasteiger partial charge in [-0.1, -0.05) is 0 Å². The average molecular weight is 390 g/mol. The van der Waals surface area contributed by atoms with Crippen LogP contribution in [0.3, 0.4) is 0 Å². The third kappa shape index (κ3) is 3.71. The zero-order valence-corrected chi connectivity index (χ0v) is 13.1. The fourth-order valence-corrected chi connectivity index (χ4v) is 2.51. The highest BCUT2D eigenvalue weighted by molar-refractivity contribution is 4.93. The van der Waals surface area contributed by atoms with Gasteiger partial charge in [0.2, 0.25) is 0 Å². The lowest BCUT2D eigenvalue weighted by Crippen LogP contribution is -2.69. The molecule has 10 atom stereocenters. The summed E-state index contributed by atoms with van der Waals surface area (Å²) in [6.45, 7) is -1.84. The van der Waals surface area contributed by atoms with E-state index in [1.807, 2.05) is 0 Å². The highest BCUT2D eigenvalue weighted by Crippen LogP contribution is 2.34. The number of ether oxygens (including phenoxy) is 2. The maximum Gasteiger partial charge on any atom is 0.339 e. The second kappa shape index (κ2) is 7.82. The molecule has 2 saturated heterocycles. The summed E-state index contributed by atoms with van der Waals surface area (Å²) in [6, 6.07) is 0. The van der Waals surface area contributed by atoms with Crippen molar-refractivity contribution in [2.45, 2.75) is 60.8 Å². The molecule has 0 bridgehead atoms. The molecule has 26 heavy (non-hydrogen) atoms. The van der Waals surface area contributed by atoms with Crippen LogP contribution in [0.25, 0.3) is 0 Å². The normalized spacial score (nSPS) is 52.8. The monoisotopic (exact) mass is 390 g/mol. The van der Waals surface area contributed by atoms with E-state index in [9.17, 15) is 40.9 Å². The standard InChI is InChI=1S/C12H22O14/c13-1-3-5(15)7(17)9(19)11(21,23-3)25-26-12(22)10(20)8(18)6(16)4(2-14)24-12/h3-10,13-22H,1-2H2/t3-,4-,5-,6-,7+,8+,9-,10-,11?,12?/m1/s1. The van der Waals surface area contributed by atoms with Crippen molar-refractivity contribution in [1.29, 1.82) is 0 Å². The van der Waals surface area contributed by atoms with E-state index in [1.165, 1.54) is 0 Å². The predicted molar refractivity (Wildman–Crippen MR) is 72.0 cm³/mol. The van der Waals surface area contributed by atoms with Gasteiger partial charge in [0.25, 0.3) is 0 Å². The molecule has 14 heteroatoms. The van der Waals surface area contributed by atoms with Crippen LogP contribution in [0, 0.1) is 0 Å². The minimum absolute atomic E-state index is 0.919. The molecular formula is C12H22O14. The fourth-order valence-electron chi connectivity index (χ4n) is 2.51. The smallest absolute Gasteiger partial charge is 0.339 e. The van der Waals surface area contributed by atoms with Crippen LogP contribution in [0.5, 0.6) is 0 Å². The summed E-state index contributed by atoms with van der Waals surface area (Å²) in [4.78, 5) is 8.63. The second-order valence-corrected chi connectivity index (χ2v) is 5.96. The Morgan fingerprint density at radius 2 is 0.923 bits per heavy atom. The first kappa shape index (κ1) is 21.7. The van der Waals surface area contributed by atoms with Gasteiger partial charge in [0.05, 0.1) is 13.2 Å². The van der Waals surface area contributed by atoms with Crippen LogP contribution in [0.2, 0.25) is 0 Å². The van der Waals surface area contributed by atoms with E-state index < -0.39 is 74.0 Å². The van der Waals surface area contributed by atoms with Crippen molar-refractivity contribution in [3.05, 3.63) is 0 Å². The number of aliphatic hydroxyl groups excluding tert-OH is 8. The molecule has 0 spiro atoms. The summed E-state index contributed by atoms with van der Waals surface area (Å²) < 4.78 is 9.36. The van der Waals surface area contributed by atoms with E-state index in [0.29, 0.717) is 0 Å². The van der Waals surface area contributed by atoms with Crippen molar-refractivity contribution < 1.29 is 70.3 Å². The van der Waals surface area contributed by atoms with Gasteiger partial charge in [0.15, 0.2) is 12.2 Å². The van der Waals surface area contributed by atoms with Crippen molar-refractivity contribution >= 4 is 0 Å². The van der Waals surface area contributed by atoms with Crippen LogP contribution in [0.4, 0.5) is 0 Å². The van der Waals surface area contributed by atoms with Crippen LogP contribution in [0.1, 0.15) is 0 Å². The van der Waals surface area contributed by atoms with Gasteiger partial charge in [-0.05, 0) is 0 Å². The van der Waals surface area contributed by atoms with Crippen LogP contribution >= 0.6 is 0 Å². The zero-order chi connectivity index (χ0) is 19.9. The van der Waals surface area contributed by atoms with Gasteiger partial charge in [0.1, 0.15) is 36.6 Å². The van der Waals surface area contributed by atoms with Crippen LogP contribution in [0.15, 0.2) is 0 Å². The maximum atomic E-state index is 10.1. The average Bonchev–Trinajstić information content (AvgIpc) is 2.63. The van der Waals surface area contributed by atoms with Gasteiger partial charge >= 0.3 is 11.9 Å². The maximum absolute atomic E-state index is 10.1. The van der Waals surface area contributed by atoms with Gasteiger partial charge in [-0.3, -0.25) is 0 Å². The van der Waals surface area contributed by atoms with E-state index in [2.05, 4.69) is 19.2 Å². The summed E-state index contributed by atoms with van der Waals surface area (Å²) in [5, 5.41) is 96.3. The molecule has 2 aliphatic heterocycles. The molecule has 2 unspecified atom stereocenters. The van der Waals surface area contributed by atoms with Crippen LogP contribution in [-0.4, -0.2) is 125 Å². The highest BCUT2D eigenvalue weighted by atomic mass is 17.3. The lowest BCUT2D eigenvalue weighted by Gasteiger charge is -2.46. The molecule has 154 valence electrons. The third-order valence-corrected chi connectivity index (χ3v) is 4.14. The van der Waals surface area contributed by atoms with E-state index in [0.717, 1.165) is 0 Å². The molecule has 0 aromatic rings. The van der Waals surface area contributed by atoms with Gasteiger partial charge in [-0.25, -0.2) is 0 Å². The predicted octanol–water partition coefficient (Wildman–Crippen LogP) is -6.83. The van der Waals surface area contributed by atoms with E-state index in [1.54, 1.807) is 0 Å². The summed E-state index contributed by atoms with van der Waals surface area (Å²) >= 11 is 0. The Morgan fingerprint density at radius 1 is 0.615 bits per heavy atom. The molecule has 2 heterocycles. The van der Waals surface area contributed by atoms with Gasteiger partial charge in [-0.15, -0.1) is 0 Å². The van der Waals surface area contributed by atoms with Crippen molar-refractivity contribution in [2.24, 2.45) is 0 Å². The summed E-state index contributed by atoms with van der Waals surface area (Å²) in [5.41, 5.74) is 0. The molecule has 0 amide bonds. The molecular weight excluding hydrogens is 368 g/mol. The Labute approximate surface area is 145 Å². The van der Waals surface area contributed by atoms with Gasteiger partial charge in [0, 0.05) is 0 Å². The third-order valence-electron chi connectivity index (χ3n) is 4.14. The molecule has 14 nitrogen and oxygen atoms in total. The van der Waals surface area contributed by atoms with Crippen LogP contribution in [-0.2, 0) is 19.2 Å². The molecule has 2 aliphatic rings. The Morgan fingerprint density at radius 3 is 1.19 bits per heavy atom. The molecule has 0 saturated carbocycles. The summed E-state index contributed by atoms with van der Waals surface area (Å²) in [5.74, 6) is -6.50. The minimum atomic E-state index is -3.25. The minimum Gasteiger partial charge on any atom is -0.394 e. The summed E-state index contributed by atoms with van der Waals surface area (Å²) in [7, 11) is 0. The molecule has 10 N–H and O–H groups in total. The summed E-state index contributed by atoms with van der Waals surface area (Å²) in [6.07, 6.45) is -15.8. The van der Waals surface area contributed by atoms with Crippen LogP contribution < -0.4 is 0 Å². The Hall–Kier alpha value is -0.560. The first-order chi connectivity index (χ1) is 12.0. The van der Waals surface area contributed by atoms with Gasteiger partial charge in [-0.2, -0.15) is 9.78 Å². The van der Waals surface area contributed by atoms with Crippen molar-refractivity contribution in [3.63, 3.8) is 0 Å². The molecule has 0 aromatic heterocycles. The molecule has 0 radical (unpaired) electrons. The van der Waals surface area contributed by atoms with E-state index in [-0.39, 0.29) is 0 Å².